The summed E-state index contributed by atoms with van der Waals surface area (Å²) in [6, 6.07) is -0.410. The summed E-state index contributed by atoms with van der Waals surface area (Å²) in [4.78, 5) is 39.3. The Bertz CT molecular complexity index is 1000. The van der Waals surface area contributed by atoms with E-state index in [2.05, 4.69) is 15.5 Å². The van der Waals surface area contributed by atoms with Gasteiger partial charge in [0.05, 0.1) is 31.6 Å². The maximum absolute atomic E-state index is 12.5. The van der Waals surface area contributed by atoms with Crippen LogP contribution < -0.4 is 15.4 Å². The number of allylic oxidation sites excluding steroid dienone is 2. The zero-order valence-electron chi connectivity index (χ0n) is 21.7. The summed E-state index contributed by atoms with van der Waals surface area (Å²) in [5.41, 5.74) is 3.97. The smallest absolute Gasteiger partial charge is 0.341 e. The van der Waals surface area contributed by atoms with Crippen molar-refractivity contribution in [2.45, 2.75) is 46.6 Å². The number of amides is 2. The highest BCUT2D eigenvalue weighted by Gasteiger charge is 2.32. The van der Waals surface area contributed by atoms with Gasteiger partial charge in [-0.05, 0) is 39.2 Å². The van der Waals surface area contributed by atoms with Gasteiger partial charge in [0.25, 0.3) is 0 Å². The fourth-order valence-electron chi connectivity index (χ4n) is 4.37. The molecule has 2 aliphatic heterocycles. The standard InChI is InChI=1S/C26H37N3O7/c1-5-27-26(32)28-23-19(24(33-4)18(3)20-16-36-25(31)22(20)23)8-6-17(2)7-9-21(30)35-15-12-29-10-13-34-14-11-29/h6H,5,7-16H2,1-4H3,(H2,27,28,32). The van der Waals surface area contributed by atoms with E-state index in [0.29, 0.717) is 73.9 Å². The molecule has 3 rings (SSSR count). The molecular formula is C26H37N3O7. The van der Waals surface area contributed by atoms with Gasteiger partial charge in [0.15, 0.2) is 0 Å². The number of carbonyl (C=O) groups excluding carboxylic acids is 3. The van der Waals surface area contributed by atoms with Crippen LogP contribution in [0.1, 0.15) is 53.7 Å². The minimum absolute atomic E-state index is 0.142. The largest absolute Gasteiger partial charge is 0.496 e. The number of anilines is 1. The molecule has 36 heavy (non-hydrogen) atoms. The first kappa shape index (κ1) is 27.5. The number of rotatable bonds is 11. The van der Waals surface area contributed by atoms with Crippen molar-refractivity contribution in [2.24, 2.45) is 0 Å². The number of nitrogens with zero attached hydrogens (tertiary/aromatic N) is 1. The number of methoxy groups -OCH3 is 1. The molecule has 2 amide bonds. The van der Waals surface area contributed by atoms with E-state index in [4.69, 9.17) is 18.9 Å². The van der Waals surface area contributed by atoms with Crippen molar-refractivity contribution in [2.75, 3.05) is 58.4 Å². The van der Waals surface area contributed by atoms with Crippen molar-refractivity contribution in [1.82, 2.24) is 10.2 Å². The van der Waals surface area contributed by atoms with Crippen molar-refractivity contribution < 1.29 is 33.3 Å². The fourth-order valence-corrected chi connectivity index (χ4v) is 4.37. The molecule has 1 aromatic carbocycles. The van der Waals surface area contributed by atoms with Crippen LogP contribution in [0.5, 0.6) is 5.75 Å². The number of carbonyl (C=O) groups is 3. The lowest BCUT2D eigenvalue weighted by atomic mass is 9.93. The Balaban J connectivity index is 1.67. The number of hydrogen-bond acceptors (Lipinski definition) is 8. The highest BCUT2D eigenvalue weighted by molar-refractivity contribution is 6.05. The number of cyclic esters (lactones) is 1. The maximum atomic E-state index is 12.5. The minimum atomic E-state index is -0.468. The Morgan fingerprint density at radius 1 is 1.19 bits per heavy atom. The summed E-state index contributed by atoms with van der Waals surface area (Å²) in [6.45, 7) is 10.5. The number of nitrogens with one attached hydrogen (secondary N) is 2. The van der Waals surface area contributed by atoms with E-state index in [0.717, 1.165) is 24.2 Å². The fraction of sp³-hybridized carbons (Fsp3) is 0.577. The van der Waals surface area contributed by atoms with Crippen molar-refractivity contribution in [3.63, 3.8) is 0 Å². The molecule has 0 saturated carbocycles. The third kappa shape index (κ3) is 6.98. The Morgan fingerprint density at radius 2 is 1.94 bits per heavy atom. The third-order valence-corrected chi connectivity index (χ3v) is 6.40. The zero-order chi connectivity index (χ0) is 26.1. The second-order valence-corrected chi connectivity index (χ2v) is 8.86. The highest BCUT2D eigenvalue weighted by Crippen LogP contribution is 2.41. The zero-order valence-corrected chi connectivity index (χ0v) is 21.7. The Kier molecular flexibility index (Phi) is 10.1. The predicted octanol–water partition coefficient (Wildman–Crippen LogP) is 2.96. The van der Waals surface area contributed by atoms with Gasteiger partial charge >= 0.3 is 18.0 Å². The first-order valence-electron chi connectivity index (χ1n) is 12.4. The molecular weight excluding hydrogens is 466 g/mol. The number of ether oxygens (including phenoxy) is 4. The number of fused-ring (bicyclic) bond motifs is 1. The lowest BCUT2D eigenvalue weighted by Gasteiger charge is -2.26. The second kappa shape index (κ2) is 13.3. The average Bonchev–Trinajstić information content (AvgIpc) is 3.26. The lowest BCUT2D eigenvalue weighted by Crippen LogP contribution is -2.38. The molecule has 0 spiro atoms. The van der Waals surface area contributed by atoms with Crippen LogP contribution in [0.2, 0.25) is 0 Å². The van der Waals surface area contributed by atoms with Crippen LogP contribution >= 0.6 is 0 Å². The van der Waals surface area contributed by atoms with Crippen LogP contribution in [-0.4, -0.2) is 76.0 Å². The van der Waals surface area contributed by atoms with Crippen LogP contribution in [0.3, 0.4) is 0 Å². The Morgan fingerprint density at radius 3 is 2.64 bits per heavy atom. The lowest BCUT2D eigenvalue weighted by molar-refractivity contribution is -0.144. The second-order valence-electron chi connectivity index (χ2n) is 8.86. The summed E-state index contributed by atoms with van der Waals surface area (Å²) in [7, 11) is 1.56. The third-order valence-electron chi connectivity index (χ3n) is 6.40. The molecule has 2 N–H and O–H groups in total. The number of hydrogen-bond donors (Lipinski definition) is 2. The summed E-state index contributed by atoms with van der Waals surface area (Å²) in [5, 5.41) is 5.52. The van der Waals surface area contributed by atoms with Gasteiger partial charge in [-0.1, -0.05) is 11.6 Å². The van der Waals surface area contributed by atoms with Crippen molar-refractivity contribution in [3.8, 4) is 5.75 Å². The van der Waals surface area contributed by atoms with Crippen LogP contribution in [0.15, 0.2) is 11.6 Å². The summed E-state index contributed by atoms with van der Waals surface area (Å²) >= 11 is 0. The van der Waals surface area contributed by atoms with Gasteiger partial charge in [0.1, 0.15) is 19.0 Å². The molecule has 10 nitrogen and oxygen atoms in total. The molecule has 1 fully saturated rings. The van der Waals surface area contributed by atoms with E-state index < -0.39 is 12.0 Å². The monoisotopic (exact) mass is 503 g/mol. The van der Waals surface area contributed by atoms with Crippen LogP contribution in [-0.2, 0) is 32.0 Å². The SMILES string of the molecule is CCNC(=O)Nc1c(CC=C(C)CCC(=O)OCCN2CCOCC2)c(OC)c(C)c2c1C(=O)OC2. The van der Waals surface area contributed by atoms with Gasteiger partial charge in [-0.15, -0.1) is 0 Å². The molecule has 0 unspecified atom stereocenters. The number of urea groups is 1. The van der Waals surface area contributed by atoms with Gasteiger partial charge in [0, 0.05) is 43.7 Å². The molecule has 198 valence electrons. The van der Waals surface area contributed by atoms with Gasteiger partial charge in [-0.2, -0.15) is 0 Å². The summed E-state index contributed by atoms with van der Waals surface area (Å²) in [5.74, 6) is -0.0990. The van der Waals surface area contributed by atoms with E-state index in [1.165, 1.54) is 0 Å². The van der Waals surface area contributed by atoms with E-state index in [1.54, 1.807) is 7.11 Å². The summed E-state index contributed by atoms with van der Waals surface area (Å²) in [6.07, 6.45) is 3.21. The Labute approximate surface area is 212 Å². The molecule has 2 aliphatic rings. The first-order chi connectivity index (χ1) is 17.3. The topological polar surface area (TPSA) is 115 Å². The molecule has 2 heterocycles. The van der Waals surface area contributed by atoms with Gasteiger partial charge in [-0.3, -0.25) is 9.69 Å². The Hall–Kier alpha value is -3.11. The quantitative estimate of drug-likeness (QED) is 0.350. The van der Waals surface area contributed by atoms with Crippen molar-refractivity contribution in [3.05, 3.63) is 33.9 Å². The van der Waals surface area contributed by atoms with E-state index in [-0.39, 0.29) is 19.0 Å². The molecule has 0 atom stereocenters. The number of esters is 2. The number of benzene rings is 1. The van der Waals surface area contributed by atoms with Crippen LogP contribution in [0, 0.1) is 6.92 Å². The molecule has 1 saturated heterocycles. The predicted molar refractivity (Wildman–Crippen MR) is 134 cm³/mol. The maximum Gasteiger partial charge on any atom is 0.341 e. The first-order valence-corrected chi connectivity index (χ1v) is 12.4. The van der Waals surface area contributed by atoms with Gasteiger partial charge in [0.2, 0.25) is 0 Å². The van der Waals surface area contributed by atoms with Crippen molar-refractivity contribution in [1.29, 1.82) is 0 Å². The van der Waals surface area contributed by atoms with E-state index >= 15 is 0 Å². The minimum Gasteiger partial charge on any atom is -0.496 e. The molecule has 0 radical (unpaired) electrons. The molecule has 0 bridgehead atoms. The van der Waals surface area contributed by atoms with Gasteiger partial charge < -0.3 is 29.6 Å². The molecule has 0 aliphatic carbocycles. The van der Waals surface area contributed by atoms with Gasteiger partial charge in [-0.25, -0.2) is 9.59 Å². The summed E-state index contributed by atoms with van der Waals surface area (Å²) < 4.78 is 21.7. The molecule has 10 heteroatoms. The van der Waals surface area contributed by atoms with E-state index in [1.807, 2.05) is 26.8 Å². The average molecular weight is 504 g/mol. The highest BCUT2D eigenvalue weighted by atomic mass is 16.5. The van der Waals surface area contributed by atoms with Crippen molar-refractivity contribution >= 4 is 23.7 Å². The molecule has 0 aromatic heterocycles. The molecule has 1 aromatic rings. The normalized spacial score (nSPS) is 15.8. The van der Waals surface area contributed by atoms with Crippen LogP contribution in [0.4, 0.5) is 10.5 Å². The van der Waals surface area contributed by atoms with Crippen LogP contribution in [0.25, 0.3) is 0 Å². The van der Waals surface area contributed by atoms with E-state index in [9.17, 15) is 14.4 Å². The number of morpholine rings is 1.